The molecular formula is C26H36ClN3O5S. The van der Waals surface area contributed by atoms with E-state index >= 15 is 0 Å². The van der Waals surface area contributed by atoms with Crippen molar-refractivity contribution in [2.45, 2.75) is 52.6 Å². The van der Waals surface area contributed by atoms with Crippen molar-refractivity contribution < 1.29 is 22.7 Å². The van der Waals surface area contributed by atoms with Gasteiger partial charge in [0, 0.05) is 26.1 Å². The van der Waals surface area contributed by atoms with Gasteiger partial charge < -0.3 is 15.0 Å². The number of amides is 2. The van der Waals surface area contributed by atoms with E-state index in [1.165, 1.54) is 17.5 Å². The van der Waals surface area contributed by atoms with Gasteiger partial charge in [-0.2, -0.15) is 0 Å². The van der Waals surface area contributed by atoms with Gasteiger partial charge in [-0.3, -0.25) is 13.9 Å². The van der Waals surface area contributed by atoms with Crippen LogP contribution in [0.2, 0.25) is 5.02 Å². The third-order valence-electron chi connectivity index (χ3n) is 5.91. The Morgan fingerprint density at radius 2 is 1.83 bits per heavy atom. The molecule has 0 spiro atoms. The quantitative estimate of drug-likeness (QED) is 0.414. The Balaban J connectivity index is 2.23. The Morgan fingerprint density at radius 1 is 1.14 bits per heavy atom. The molecule has 0 heterocycles. The van der Waals surface area contributed by atoms with Crippen molar-refractivity contribution in [3.63, 3.8) is 0 Å². The maximum Gasteiger partial charge on any atom is 0.242 e. The van der Waals surface area contributed by atoms with Gasteiger partial charge in [0.05, 0.1) is 24.1 Å². The number of hydrogen-bond donors (Lipinski definition) is 1. The SMILES string of the molecule is CCNC(=O)[C@H](CC)N(Cc1ccccc1C)C(=O)CCCN(c1ccc(OC)c(Cl)c1)S(C)(=O)=O. The molecule has 0 bridgehead atoms. The lowest BCUT2D eigenvalue weighted by atomic mass is 10.1. The maximum atomic E-state index is 13.4. The predicted molar refractivity (Wildman–Crippen MR) is 144 cm³/mol. The minimum absolute atomic E-state index is 0.0810. The molecule has 1 atom stereocenters. The van der Waals surface area contributed by atoms with Crippen LogP contribution < -0.4 is 14.4 Å². The Hall–Kier alpha value is -2.78. The zero-order valence-corrected chi connectivity index (χ0v) is 23.2. The molecule has 0 aromatic heterocycles. The second-order valence-corrected chi connectivity index (χ2v) is 10.8. The highest BCUT2D eigenvalue weighted by Gasteiger charge is 2.29. The van der Waals surface area contributed by atoms with Crippen LogP contribution in [0.5, 0.6) is 5.75 Å². The van der Waals surface area contributed by atoms with Gasteiger partial charge in [0.1, 0.15) is 11.8 Å². The average molecular weight is 538 g/mol. The Bertz CT molecular complexity index is 1160. The number of likely N-dealkylation sites (N-methyl/N-ethyl adjacent to an activating group) is 1. The van der Waals surface area contributed by atoms with Crippen LogP contribution in [0.25, 0.3) is 0 Å². The van der Waals surface area contributed by atoms with Crippen LogP contribution in [-0.4, -0.2) is 57.6 Å². The van der Waals surface area contributed by atoms with E-state index in [2.05, 4.69) is 5.32 Å². The van der Waals surface area contributed by atoms with Crippen LogP contribution in [-0.2, 0) is 26.2 Å². The minimum atomic E-state index is -3.62. The summed E-state index contributed by atoms with van der Waals surface area (Å²) in [7, 11) is -2.14. The number of benzene rings is 2. The highest BCUT2D eigenvalue weighted by Crippen LogP contribution is 2.30. The summed E-state index contributed by atoms with van der Waals surface area (Å²) in [6.45, 7) is 6.53. The fourth-order valence-corrected chi connectivity index (χ4v) is 5.21. The van der Waals surface area contributed by atoms with Crippen LogP contribution in [0.3, 0.4) is 0 Å². The second-order valence-electron chi connectivity index (χ2n) is 8.52. The lowest BCUT2D eigenvalue weighted by molar-refractivity contribution is -0.141. The molecule has 2 aromatic rings. The molecule has 10 heteroatoms. The standard InChI is InChI=1S/C26H36ClN3O5S/c1-6-23(26(32)28-7-2)29(18-20-12-9-8-11-19(20)3)25(31)13-10-16-30(36(5,33)34)21-14-15-24(35-4)22(27)17-21/h8-9,11-12,14-15,17,23H,6-7,10,13,16,18H2,1-5H3,(H,28,32)/t23-/m0/s1. The fourth-order valence-electron chi connectivity index (χ4n) is 4.00. The molecule has 8 nitrogen and oxygen atoms in total. The van der Waals surface area contributed by atoms with Gasteiger partial charge in [0.25, 0.3) is 0 Å². The summed E-state index contributed by atoms with van der Waals surface area (Å²) < 4.78 is 31.4. The number of hydrogen-bond acceptors (Lipinski definition) is 5. The topological polar surface area (TPSA) is 96.0 Å². The number of rotatable bonds is 13. The van der Waals surface area contributed by atoms with Crippen LogP contribution in [0.1, 0.15) is 44.2 Å². The van der Waals surface area contributed by atoms with Crippen molar-refractivity contribution in [3.8, 4) is 5.75 Å². The molecule has 0 aliphatic carbocycles. The normalized spacial score (nSPS) is 12.1. The molecule has 36 heavy (non-hydrogen) atoms. The highest BCUT2D eigenvalue weighted by atomic mass is 35.5. The molecule has 198 valence electrons. The van der Waals surface area contributed by atoms with E-state index in [-0.39, 0.29) is 36.2 Å². The molecule has 0 aliphatic heterocycles. The first-order chi connectivity index (χ1) is 17.0. The van der Waals surface area contributed by atoms with Crippen molar-refractivity contribution in [1.29, 1.82) is 0 Å². The largest absolute Gasteiger partial charge is 0.495 e. The molecule has 1 N–H and O–H groups in total. The van der Waals surface area contributed by atoms with Gasteiger partial charge in [0.2, 0.25) is 21.8 Å². The lowest BCUT2D eigenvalue weighted by Gasteiger charge is -2.31. The van der Waals surface area contributed by atoms with Crippen LogP contribution >= 0.6 is 11.6 Å². The minimum Gasteiger partial charge on any atom is -0.495 e. The van der Waals surface area contributed by atoms with E-state index in [9.17, 15) is 18.0 Å². The maximum absolute atomic E-state index is 13.4. The first-order valence-corrected chi connectivity index (χ1v) is 14.2. The monoisotopic (exact) mass is 537 g/mol. The van der Waals surface area contributed by atoms with E-state index in [1.807, 2.05) is 45.0 Å². The summed E-state index contributed by atoms with van der Waals surface area (Å²) in [6.07, 6.45) is 1.92. The number of anilines is 1. The summed E-state index contributed by atoms with van der Waals surface area (Å²) in [5.74, 6) is 0.0250. The van der Waals surface area contributed by atoms with E-state index in [0.29, 0.717) is 30.9 Å². The molecule has 0 aliphatic rings. The van der Waals surface area contributed by atoms with Crippen LogP contribution in [0.15, 0.2) is 42.5 Å². The van der Waals surface area contributed by atoms with Gasteiger partial charge in [-0.15, -0.1) is 0 Å². The van der Waals surface area contributed by atoms with E-state index in [1.54, 1.807) is 17.0 Å². The molecule has 2 rings (SSSR count). The number of ether oxygens (including phenoxy) is 1. The van der Waals surface area contributed by atoms with Crippen molar-refractivity contribution in [3.05, 3.63) is 58.6 Å². The van der Waals surface area contributed by atoms with Gasteiger partial charge in [-0.05, 0) is 56.0 Å². The van der Waals surface area contributed by atoms with E-state index in [4.69, 9.17) is 16.3 Å². The molecule has 0 unspecified atom stereocenters. The van der Waals surface area contributed by atoms with E-state index in [0.717, 1.165) is 17.4 Å². The lowest BCUT2D eigenvalue weighted by Crippen LogP contribution is -2.49. The number of halogens is 1. The smallest absolute Gasteiger partial charge is 0.242 e. The van der Waals surface area contributed by atoms with Gasteiger partial charge in [0.15, 0.2) is 0 Å². The fraction of sp³-hybridized carbons (Fsp3) is 0.462. The molecule has 0 saturated heterocycles. The van der Waals surface area contributed by atoms with Gasteiger partial charge >= 0.3 is 0 Å². The second kappa shape index (κ2) is 13.5. The molecule has 2 amide bonds. The van der Waals surface area contributed by atoms with Crippen molar-refractivity contribution >= 4 is 39.1 Å². The third-order valence-corrected chi connectivity index (χ3v) is 7.40. The van der Waals surface area contributed by atoms with Crippen molar-refractivity contribution in [2.24, 2.45) is 0 Å². The summed E-state index contributed by atoms with van der Waals surface area (Å²) >= 11 is 6.20. The summed E-state index contributed by atoms with van der Waals surface area (Å²) in [5.41, 5.74) is 2.38. The van der Waals surface area contributed by atoms with Crippen molar-refractivity contribution in [2.75, 3.05) is 30.8 Å². The highest BCUT2D eigenvalue weighted by molar-refractivity contribution is 7.92. The van der Waals surface area contributed by atoms with Crippen molar-refractivity contribution in [1.82, 2.24) is 10.2 Å². The summed E-state index contributed by atoms with van der Waals surface area (Å²) in [6, 6.07) is 11.9. The Labute approximate surface area is 219 Å². The molecule has 0 saturated carbocycles. The van der Waals surface area contributed by atoms with E-state index < -0.39 is 16.1 Å². The van der Waals surface area contributed by atoms with Crippen LogP contribution in [0.4, 0.5) is 5.69 Å². The van der Waals surface area contributed by atoms with Gasteiger partial charge in [-0.1, -0.05) is 42.8 Å². The van der Waals surface area contributed by atoms with Crippen LogP contribution in [0, 0.1) is 6.92 Å². The number of sulfonamides is 1. The molecule has 0 radical (unpaired) electrons. The zero-order valence-electron chi connectivity index (χ0n) is 21.6. The Morgan fingerprint density at radius 3 is 2.39 bits per heavy atom. The first kappa shape index (κ1) is 29.5. The van der Waals surface area contributed by atoms with Gasteiger partial charge in [-0.25, -0.2) is 8.42 Å². The molecule has 2 aromatic carbocycles. The zero-order chi connectivity index (χ0) is 26.9. The Kier molecular flexibility index (Phi) is 11.0. The summed E-state index contributed by atoms with van der Waals surface area (Å²) in [5, 5.41) is 3.11. The molecule has 0 fully saturated rings. The molecular weight excluding hydrogens is 502 g/mol. The first-order valence-electron chi connectivity index (χ1n) is 12.0. The number of carbonyl (C=O) groups excluding carboxylic acids is 2. The number of carbonyl (C=O) groups is 2. The number of methoxy groups -OCH3 is 1. The predicted octanol–water partition coefficient (Wildman–Crippen LogP) is 4.15. The third kappa shape index (κ3) is 7.86. The summed E-state index contributed by atoms with van der Waals surface area (Å²) in [4.78, 5) is 27.8. The number of nitrogens with zero attached hydrogens (tertiary/aromatic N) is 2. The number of nitrogens with one attached hydrogen (secondary N) is 1. The number of aryl methyl sites for hydroxylation is 1. The average Bonchev–Trinajstić information content (AvgIpc) is 2.82.